The molecule has 0 radical (unpaired) electrons. The number of nitrogens with zero attached hydrogens (tertiary/aromatic N) is 2. The molecule has 19 heteroatoms. The summed E-state index contributed by atoms with van der Waals surface area (Å²) in [6, 6.07) is 8.38. The van der Waals surface area contributed by atoms with Crippen LogP contribution in [0.15, 0.2) is 64.6 Å². The number of ether oxygens (including phenoxy) is 3. The number of carbonyl (C=O) groups excluding carboxylic acids is 1. The van der Waals surface area contributed by atoms with Crippen molar-refractivity contribution in [3.05, 3.63) is 81.2 Å². The number of halogens is 4. The molecule has 2 aromatic carbocycles. The van der Waals surface area contributed by atoms with E-state index >= 15 is 0 Å². The van der Waals surface area contributed by atoms with E-state index in [9.17, 15) is 35.6 Å². The molecule has 5 rings (SSSR count). The second-order valence-electron chi connectivity index (χ2n) is 10.6. The Morgan fingerprint density at radius 1 is 1.06 bits per heavy atom. The molecule has 2 aliphatic rings. The molecule has 3 aromatic rings. The third kappa shape index (κ3) is 8.57. The molecule has 2 fully saturated rings. The number of rotatable bonds is 13. The smallest absolute Gasteiger partial charge is 0.387 e. The van der Waals surface area contributed by atoms with Crippen molar-refractivity contribution in [1.29, 1.82) is 0 Å². The van der Waals surface area contributed by atoms with Crippen LogP contribution < -0.4 is 19.3 Å². The number of carbonyl (C=O) groups is 1. The molecule has 2 heterocycles. The van der Waals surface area contributed by atoms with Crippen LogP contribution >= 0.6 is 35.0 Å². The number of primary sulfonamides is 1. The lowest BCUT2D eigenvalue weighted by Gasteiger charge is -2.26. The zero-order chi connectivity index (χ0) is 34.1. The van der Waals surface area contributed by atoms with E-state index in [0.717, 1.165) is 53.4 Å². The van der Waals surface area contributed by atoms with Gasteiger partial charge in [-0.1, -0.05) is 35.3 Å². The predicted molar refractivity (Wildman–Crippen MR) is 167 cm³/mol. The maximum Gasteiger partial charge on any atom is 0.387 e. The summed E-state index contributed by atoms with van der Waals surface area (Å²) in [5, 5.41) is 15.5. The van der Waals surface area contributed by atoms with Gasteiger partial charge in [-0.15, -0.1) is 11.8 Å². The van der Waals surface area contributed by atoms with Gasteiger partial charge in [0.25, 0.3) is 0 Å². The van der Waals surface area contributed by atoms with E-state index in [4.69, 9.17) is 37.8 Å². The van der Waals surface area contributed by atoms with Gasteiger partial charge in [0.1, 0.15) is 16.1 Å². The molecule has 47 heavy (non-hydrogen) atoms. The minimum absolute atomic E-state index is 0.0346. The fraction of sp³-hybridized carbons (Fsp3) is 0.357. The molecular formula is C28H27Cl2F2N3O9S3. The summed E-state index contributed by atoms with van der Waals surface area (Å²) in [6.07, 6.45) is 2.48. The Labute approximate surface area is 283 Å². The second kappa shape index (κ2) is 14.3. The van der Waals surface area contributed by atoms with Crippen LogP contribution in [-0.2, 0) is 36.0 Å². The first-order chi connectivity index (χ1) is 22.1. The third-order valence-corrected chi connectivity index (χ3v) is 12.0. The van der Waals surface area contributed by atoms with E-state index < -0.39 is 53.9 Å². The van der Waals surface area contributed by atoms with Crippen LogP contribution in [0.1, 0.15) is 30.1 Å². The van der Waals surface area contributed by atoms with Crippen LogP contribution in [0.25, 0.3) is 0 Å². The van der Waals surface area contributed by atoms with Crippen LogP contribution in [0, 0.1) is 11.1 Å². The minimum atomic E-state index is -4.42. The summed E-state index contributed by atoms with van der Waals surface area (Å²) in [7, 11) is -8.65. The molecule has 12 nitrogen and oxygen atoms in total. The summed E-state index contributed by atoms with van der Waals surface area (Å²) in [5.41, 5.74) is 0.463. The lowest BCUT2D eigenvalue weighted by atomic mass is 10.0. The SMILES string of the molecule is NS(=O)(=O)c1cccc(S(=O)(=O)N2CCSC2C(=O)OC(Cc2c(Cl)c[n+]([O-])cc2Cl)c2ccc(OC(F)F)c(OCC3CC3)c2)c1. The van der Waals surface area contributed by atoms with Gasteiger partial charge < -0.3 is 19.4 Å². The summed E-state index contributed by atoms with van der Waals surface area (Å²) < 4.78 is 94.8. The molecule has 1 saturated carbocycles. The number of sulfonamides is 2. The van der Waals surface area contributed by atoms with Crippen molar-refractivity contribution < 1.29 is 49.4 Å². The number of aromatic nitrogens is 1. The van der Waals surface area contributed by atoms with Crippen molar-refractivity contribution in [2.45, 2.75) is 47.1 Å². The van der Waals surface area contributed by atoms with Gasteiger partial charge in [-0.05, 0) is 54.7 Å². The highest BCUT2D eigenvalue weighted by molar-refractivity contribution is 8.02. The van der Waals surface area contributed by atoms with Crippen LogP contribution in [0.2, 0.25) is 10.0 Å². The van der Waals surface area contributed by atoms with Crippen molar-refractivity contribution in [3.63, 3.8) is 0 Å². The Hall–Kier alpha value is -2.93. The summed E-state index contributed by atoms with van der Waals surface area (Å²) >= 11 is 13.6. The standard InChI is InChI=1S/C28H27Cl2F2N3O9S3/c29-21-13-34(37)14-22(30)20(21)12-24(17-6-7-23(44-28(31)32)25(10-17)42-15-16-4-5-16)43-27(36)26-35(8-9-45-26)47(40,41)19-3-1-2-18(11-19)46(33,38)39/h1-3,6-7,10-11,13-14,16,24,26,28H,4-5,8-9,12,15H2,(H2,33,38,39). The number of nitrogens with two attached hydrogens (primary N) is 1. The molecule has 254 valence electrons. The number of alkyl halides is 2. The van der Waals surface area contributed by atoms with Crippen LogP contribution in [-0.4, -0.2) is 58.0 Å². The van der Waals surface area contributed by atoms with Gasteiger partial charge in [-0.3, -0.25) is 0 Å². The fourth-order valence-electron chi connectivity index (χ4n) is 4.69. The number of esters is 1. The van der Waals surface area contributed by atoms with E-state index in [2.05, 4.69) is 4.74 Å². The maximum absolute atomic E-state index is 13.7. The van der Waals surface area contributed by atoms with Crippen molar-refractivity contribution in [3.8, 4) is 11.5 Å². The van der Waals surface area contributed by atoms with Gasteiger partial charge in [0.2, 0.25) is 20.0 Å². The van der Waals surface area contributed by atoms with Gasteiger partial charge in [-0.25, -0.2) is 26.8 Å². The predicted octanol–water partition coefficient (Wildman–Crippen LogP) is 4.26. The quantitative estimate of drug-likeness (QED) is 0.151. The van der Waals surface area contributed by atoms with E-state index in [-0.39, 0.29) is 63.9 Å². The lowest BCUT2D eigenvalue weighted by Crippen LogP contribution is -2.40. The highest BCUT2D eigenvalue weighted by Gasteiger charge is 2.42. The maximum atomic E-state index is 13.7. The normalized spacial score (nSPS) is 17.9. The molecule has 1 aliphatic heterocycles. The Kier molecular flexibility index (Phi) is 10.7. The monoisotopic (exact) mass is 753 g/mol. The van der Waals surface area contributed by atoms with Gasteiger partial charge in [0.05, 0.1) is 16.4 Å². The Morgan fingerprint density at radius 2 is 1.74 bits per heavy atom. The van der Waals surface area contributed by atoms with Crippen molar-refractivity contribution in [1.82, 2.24) is 4.31 Å². The molecule has 1 aliphatic carbocycles. The molecule has 2 unspecified atom stereocenters. The topological polar surface area (TPSA) is 169 Å². The number of hydrogen-bond acceptors (Lipinski definition) is 10. The van der Waals surface area contributed by atoms with E-state index in [1.165, 1.54) is 30.3 Å². The van der Waals surface area contributed by atoms with E-state index in [1.807, 2.05) is 0 Å². The molecule has 2 atom stereocenters. The highest BCUT2D eigenvalue weighted by Crippen LogP contribution is 2.39. The molecule has 2 N–H and O–H groups in total. The average molecular weight is 755 g/mol. The largest absolute Gasteiger partial charge is 0.619 e. The molecule has 0 spiro atoms. The minimum Gasteiger partial charge on any atom is -0.619 e. The Morgan fingerprint density at radius 3 is 2.38 bits per heavy atom. The lowest BCUT2D eigenvalue weighted by molar-refractivity contribution is -0.605. The van der Waals surface area contributed by atoms with Crippen molar-refractivity contribution >= 4 is 61.0 Å². The summed E-state index contributed by atoms with van der Waals surface area (Å²) in [6.45, 7) is -3.00. The zero-order valence-corrected chi connectivity index (χ0v) is 28.1. The number of thioether (sulfide) groups is 1. The van der Waals surface area contributed by atoms with Crippen LogP contribution in [0.3, 0.4) is 0 Å². The fourth-order valence-corrected chi connectivity index (χ4v) is 9.02. The second-order valence-corrected chi connectivity index (χ2v) is 16.1. The van der Waals surface area contributed by atoms with Gasteiger partial charge in [0.15, 0.2) is 29.3 Å². The molecule has 0 bridgehead atoms. The first kappa shape index (κ1) is 35.4. The molecule has 1 aromatic heterocycles. The van der Waals surface area contributed by atoms with Gasteiger partial charge in [-0.2, -0.15) is 17.8 Å². The van der Waals surface area contributed by atoms with Crippen molar-refractivity contribution in [2.24, 2.45) is 11.1 Å². The Bertz CT molecular complexity index is 1860. The van der Waals surface area contributed by atoms with E-state index in [0.29, 0.717) is 4.73 Å². The van der Waals surface area contributed by atoms with Crippen LogP contribution in [0.5, 0.6) is 11.5 Å². The molecule has 0 amide bonds. The highest BCUT2D eigenvalue weighted by atomic mass is 35.5. The van der Waals surface area contributed by atoms with Gasteiger partial charge >= 0.3 is 12.6 Å². The number of benzene rings is 2. The summed E-state index contributed by atoms with van der Waals surface area (Å²) in [4.78, 5) is 12.9. The molecular weight excluding hydrogens is 727 g/mol. The zero-order valence-electron chi connectivity index (χ0n) is 24.1. The van der Waals surface area contributed by atoms with Crippen LogP contribution in [0.4, 0.5) is 8.78 Å². The Balaban J connectivity index is 1.48. The average Bonchev–Trinajstić information content (AvgIpc) is 3.68. The van der Waals surface area contributed by atoms with Crippen molar-refractivity contribution in [2.75, 3.05) is 18.9 Å². The van der Waals surface area contributed by atoms with E-state index in [1.54, 1.807) is 0 Å². The third-order valence-electron chi connectivity index (χ3n) is 7.22. The summed E-state index contributed by atoms with van der Waals surface area (Å²) in [5.74, 6) is -0.808. The molecule has 1 saturated heterocycles. The first-order valence-electron chi connectivity index (χ1n) is 13.9. The van der Waals surface area contributed by atoms with Gasteiger partial charge in [0, 0.05) is 24.3 Å². The number of pyridine rings is 1. The first-order valence-corrected chi connectivity index (χ1v) is 18.7. The number of hydrogen-bond donors (Lipinski definition) is 1.